The van der Waals surface area contributed by atoms with Gasteiger partial charge in [-0.15, -0.1) is 11.3 Å². The third-order valence-electron chi connectivity index (χ3n) is 3.36. The summed E-state index contributed by atoms with van der Waals surface area (Å²) in [4.78, 5) is 5.61. The lowest BCUT2D eigenvalue weighted by atomic mass is 10.3. The van der Waals surface area contributed by atoms with Crippen LogP contribution < -0.4 is 10.1 Å². The lowest BCUT2D eigenvalue weighted by molar-refractivity contribution is 0.308. The van der Waals surface area contributed by atoms with E-state index in [2.05, 4.69) is 33.2 Å². The van der Waals surface area contributed by atoms with Gasteiger partial charge in [-0.2, -0.15) is 0 Å². The van der Waals surface area contributed by atoms with Crippen LogP contribution in [0, 0.1) is 6.92 Å². The molecule has 0 aliphatic rings. The number of benzene rings is 1. The second-order valence-corrected chi connectivity index (χ2v) is 5.76. The van der Waals surface area contributed by atoms with E-state index in [0.29, 0.717) is 0 Å². The number of ether oxygens (including phenoxy) is 1. The first-order chi connectivity index (χ1) is 10.3. The lowest BCUT2D eigenvalue weighted by Gasteiger charge is -2.07. The number of nitrogens with zero attached hydrogens (tertiary/aromatic N) is 2. The van der Waals surface area contributed by atoms with Gasteiger partial charge < -0.3 is 10.1 Å². The number of para-hydroxylation sites is 1. The minimum atomic E-state index is 0.732. The molecule has 0 unspecified atom stereocenters. The average molecular weight is 301 g/mol. The Morgan fingerprint density at radius 1 is 1.29 bits per heavy atom. The standard InChI is InChI=1S/C16H19N3OS/c1-13-15(19-9-11-21-16(19)18-13)12-17-8-5-10-20-14-6-3-2-4-7-14/h2-4,6-7,9,11,17H,5,8,10,12H2,1H3. The zero-order chi connectivity index (χ0) is 14.5. The van der Waals surface area contributed by atoms with E-state index in [1.54, 1.807) is 11.3 Å². The van der Waals surface area contributed by atoms with Crippen molar-refractivity contribution in [1.29, 1.82) is 0 Å². The molecule has 5 heteroatoms. The van der Waals surface area contributed by atoms with E-state index >= 15 is 0 Å². The van der Waals surface area contributed by atoms with Crippen LogP contribution in [0.25, 0.3) is 4.96 Å². The quantitative estimate of drug-likeness (QED) is 0.681. The number of imidazole rings is 1. The van der Waals surface area contributed by atoms with Gasteiger partial charge in [-0.05, 0) is 32.0 Å². The third kappa shape index (κ3) is 3.43. The molecule has 2 aromatic heterocycles. The smallest absolute Gasteiger partial charge is 0.194 e. The molecule has 0 saturated carbocycles. The highest BCUT2D eigenvalue weighted by Crippen LogP contribution is 2.16. The van der Waals surface area contributed by atoms with Crippen LogP contribution in [0.2, 0.25) is 0 Å². The number of hydrogen-bond acceptors (Lipinski definition) is 4. The maximum absolute atomic E-state index is 5.67. The van der Waals surface area contributed by atoms with E-state index < -0.39 is 0 Å². The van der Waals surface area contributed by atoms with Gasteiger partial charge in [0, 0.05) is 18.1 Å². The second kappa shape index (κ2) is 6.74. The molecule has 0 saturated heterocycles. The van der Waals surface area contributed by atoms with E-state index in [9.17, 15) is 0 Å². The Hall–Kier alpha value is -1.85. The zero-order valence-corrected chi connectivity index (χ0v) is 12.9. The first-order valence-corrected chi connectivity index (χ1v) is 8.02. The fourth-order valence-electron chi connectivity index (χ4n) is 2.26. The molecule has 0 fully saturated rings. The van der Waals surface area contributed by atoms with Gasteiger partial charge in [0.1, 0.15) is 5.75 Å². The number of hydrogen-bond donors (Lipinski definition) is 1. The SMILES string of the molecule is Cc1nc2sccn2c1CNCCCOc1ccccc1. The first kappa shape index (κ1) is 14.1. The highest BCUT2D eigenvalue weighted by Gasteiger charge is 2.08. The number of rotatable bonds is 7. The van der Waals surface area contributed by atoms with Crippen LogP contribution in [0.1, 0.15) is 17.8 Å². The number of fused-ring (bicyclic) bond motifs is 1. The Balaban J connectivity index is 1.40. The Bertz CT molecular complexity index is 690. The molecule has 0 radical (unpaired) electrons. The van der Waals surface area contributed by atoms with Crippen molar-refractivity contribution in [3.8, 4) is 5.75 Å². The summed E-state index contributed by atoms with van der Waals surface area (Å²) >= 11 is 1.67. The van der Waals surface area contributed by atoms with E-state index in [1.165, 1.54) is 5.69 Å². The topological polar surface area (TPSA) is 38.6 Å². The molecule has 0 amide bonds. The normalized spacial score (nSPS) is 11.1. The highest BCUT2D eigenvalue weighted by molar-refractivity contribution is 7.15. The molecular weight excluding hydrogens is 282 g/mol. The summed E-state index contributed by atoms with van der Waals surface area (Å²) in [7, 11) is 0. The van der Waals surface area contributed by atoms with Crippen molar-refractivity contribution in [1.82, 2.24) is 14.7 Å². The number of thiazole rings is 1. The van der Waals surface area contributed by atoms with Gasteiger partial charge in [0.15, 0.2) is 4.96 Å². The average Bonchev–Trinajstić information content (AvgIpc) is 3.05. The molecule has 0 bridgehead atoms. The molecule has 4 nitrogen and oxygen atoms in total. The van der Waals surface area contributed by atoms with Crippen LogP contribution in [0.5, 0.6) is 5.75 Å². The number of aromatic nitrogens is 2. The van der Waals surface area contributed by atoms with E-state index in [-0.39, 0.29) is 0 Å². The van der Waals surface area contributed by atoms with Crippen LogP contribution in [0.4, 0.5) is 0 Å². The van der Waals surface area contributed by atoms with Crippen molar-refractivity contribution in [2.45, 2.75) is 19.9 Å². The van der Waals surface area contributed by atoms with Gasteiger partial charge in [0.25, 0.3) is 0 Å². The highest BCUT2D eigenvalue weighted by atomic mass is 32.1. The molecule has 0 atom stereocenters. The predicted molar refractivity (Wildman–Crippen MR) is 86.1 cm³/mol. The maximum atomic E-state index is 5.67. The van der Waals surface area contributed by atoms with Crippen molar-refractivity contribution in [3.63, 3.8) is 0 Å². The molecule has 0 spiro atoms. The minimum absolute atomic E-state index is 0.732. The van der Waals surface area contributed by atoms with Crippen molar-refractivity contribution in [2.75, 3.05) is 13.2 Å². The molecule has 0 aliphatic heterocycles. The largest absolute Gasteiger partial charge is 0.494 e. The molecule has 2 heterocycles. The molecule has 1 N–H and O–H groups in total. The van der Waals surface area contributed by atoms with Gasteiger partial charge >= 0.3 is 0 Å². The van der Waals surface area contributed by atoms with Crippen molar-refractivity contribution in [2.24, 2.45) is 0 Å². The zero-order valence-electron chi connectivity index (χ0n) is 12.1. The van der Waals surface area contributed by atoms with Crippen molar-refractivity contribution in [3.05, 3.63) is 53.3 Å². The number of aryl methyl sites for hydroxylation is 1. The summed E-state index contributed by atoms with van der Waals surface area (Å²) in [6.45, 7) is 4.57. The Morgan fingerprint density at radius 3 is 3.00 bits per heavy atom. The van der Waals surface area contributed by atoms with Gasteiger partial charge in [-0.3, -0.25) is 4.40 Å². The molecule has 3 rings (SSSR count). The first-order valence-electron chi connectivity index (χ1n) is 7.14. The minimum Gasteiger partial charge on any atom is -0.494 e. The fraction of sp³-hybridized carbons (Fsp3) is 0.312. The molecule has 21 heavy (non-hydrogen) atoms. The summed E-state index contributed by atoms with van der Waals surface area (Å²) in [5.41, 5.74) is 2.35. The summed E-state index contributed by atoms with van der Waals surface area (Å²) in [6, 6.07) is 9.93. The maximum Gasteiger partial charge on any atom is 0.194 e. The third-order valence-corrected chi connectivity index (χ3v) is 4.12. The van der Waals surface area contributed by atoms with Crippen molar-refractivity contribution >= 4 is 16.3 Å². The summed E-state index contributed by atoms with van der Waals surface area (Å²) in [5.74, 6) is 0.934. The second-order valence-electron chi connectivity index (χ2n) is 4.89. The molecule has 1 aromatic carbocycles. The molecule has 110 valence electrons. The Morgan fingerprint density at radius 2 is 2.14 bits per heavy atom. The van der Waals surface area contributed by atoms with Crippen LogP contribution >= 0.6 is 11.3 Å². The van der Waals surface area contributed by atoms with E-state index in [1.807, 2.05) is 30.3 Å². The summed E-state index contributed by atoms with van der Waals surface area (Å²) < 4.78 is 7.83. The van der Waals surface area contributed by atoms with E-state index in [4.69, 9.17) is 4.74 Å². The fourth-order valence-corrected chi connectivity index (χ4v) is 3.04. The lowest BCUT2D eigenvalue weighted by Crippen LogP contribution is -2.18. The van der Waals surface area contributed by atoms with Gasteiger partial charge in [0.05, 0.1) is 18.0 Å². The summed E-state index contributed by atoms with van der Waals surface area (Å²) in [6.07, 6.45) is 3.06. The summed E-state index contributed by atoms with van der Waals surface area (Å²) in [5, 5.41) is 5.53. The Labute approximate surface area is 128 Å². The molecular formula is C16H19N3OS. The molecule has 0 aliphatic carbocycles. The molecule has 3 aromatic rings. The van der Waals surface area contributed by atoms with Crippen LogP contribution in [-0.2, 0) is 6.54 Å². The van der Waals surface area contributed by atoms with Crippen LogP contribution in [0.15, 0.2) is 41.9 Å². The van der Waals surface area contributed by atoms with Crippen LogP contribution in [0.3, 0.4) is 0 Å². The monoisotopic (exact) mass is 301 g/mol. The Kier molecular flexibility index (Phi) is 4.52. The van der Waals surface area contributed by atoms with Crippen LogP contribution in [-0.4, -0.2) is 22.5 Å². The van der Waals surface area contributed by atoms with Crippen molar-refractivity contribution < 1.29 is 4.74 Å². The van der Waals surface area contributed by atoms with Gasteiger partial charge in [-0.25, -0.2) is 4.98 Å². The van der Waals surface area contributed by atoms with Gasteiger partial charge in [-0.1, -0.05) is 18.2 Å². The predicted octanol–water partition coefficient (Wildman–Crippen LogP) is 3.26. The van der Waals surface area contributed by atoms with Gasteiger partial charge in [0.2, 0.25) is 0 Å². The van der Waals surface area contributed by atoms with E-state index in [0.717, 1.165) is 42.5 Å². The number of nitrogens with one attached hydrogen (secondary N) is 1.